The Morgan fingerprint density at radius 2 is 1.95 bits per heavy atom. The number of aromatic carboxylic acids is 1. The van der Waals surface area contributed by atoms with Crippen LogP contribution in [0.3, 0.4) is 0 Å². The summed E-state index contributed by atoms with van der Waals surface area (Å²) in [4.78, 5) is 23.5. The second-order valence-electron chi connectivity index (χ2n) is 4.53. The van der Waals surface area contributed by atoms with E-state index in [4.69, 9.17) is 9.52 Å². The molecule has 0 unspecified atom stereocenters. The molecule has 1 N–H and O–H groups in total. The summed E-state index contributed by atoms with van der Waals surface area (Å²) in [5.74, 6) is 0.451. The Kier molecular flexibility index (Phi) is 3.89. The van der Waals surface area contributed by atoms with Crippen molar-refractivity contribution in [3.05, 3.63) is 53.0 Å². The summed E-state index contributed by atoms with van der Waals surface area (Å²) in [5, 5.41) is 8.84. The van der Waals surface area contributed by atoms with E-state index in [9.17, 15) is 9.59 Å². The molecule has 0 saturated carbocycles. The molecule has 0 radical (unpaired) electrons. The first-order chi connectivity index (χ1) is 9.51. The lowest BCUT2D eigenvalue weighted by Gasteiger charge is -2.16. The van der Waals surface area contributed by atoms with Crippen LogP contribution < -0.4 is 4.90 Å². The number of rotatable bonds is 5. The first-order valence-corrected chi connectivity index (χ1v) is 6.12. The zero-order valence-corrected chi connectivity index (χ0v) is 11.3. The van der Waals surface area contributed by atoms with Gasteiger partial charge in [0.05, 0.1) is 17.8 Å². The highest BCUT2D eigenvalue weighted by Gasteiger charge is 2.13. The van der Waals surface area contributed by atoms with E-state index in [1.807, 2.05) is 6.92 Å². The van der Waals surface area contributed by atoms with E-state index in [0.717, 1.165) is 23.4 Å². The second-order valence-corrected chi connectivity index (χ2v) is 4.53. The normalized spacial score (nSPS) is 10.3. The van der Waals surface area contributed by atoms with Gasteiger partial charge in [0.15, 0.2) is 0 Å². The highest BCUT2D eigenvalue weighted by molar-refractivity contribution is 5.87. The summed E-state index contributed by atoms with van der Waals surface area (Å²) in [6.45, 7) is 3.98. The molecule has 0 spiro atoms. The minimum absolute atomic E-state index is 0.224. The van der Waals surface area contributed by atoms with Gasteiger partial charge in [-0.15, -0.1) is 0 Å². The van der Waals surface area contributed by atoms with Gasteiger partial charge in [0.2, 0.25) is 6.41 Å². The number of hydrogen-bond acceptors (Lipinski definition) is 3. The lowest BCUT2D eigenvalue weighted by Crippen LogP contribution is -2.20. The van der Waals surface area contributed by atoms with Gasteiger partial charge >= 0.3 is 5.97 Å². The Morgan fingerprint density at radius 1 is 1.30 bits per heavy atom. The van der Waals surface area contributed by atoms with Gasteiger partial charge in [-0.1, -0.05) is 12.1 Å². The van der Waals surface area contributed by atoms with Crippen LogP contribution in [-0.2, 0) is 11.3 Å². The smallest absolute Gasteiger partial charge is 0.335 e. The molecular formula is C15H15NO4. The molecule has 0 aliphatic carbocycles. The van der Waals surface area contributed by atoms with Crippen LogP contribution >= 0.6 is 0 Å². The Morgan fingerprint density at radius 3 is 2.40 bits per heavy atom. The van der Waals surface area contributed by atoms with Crippen molar-refractivity contribution in [3.63, 3.8) is 0 Å². The fourth-order valence-corrected chi connectivity index (χ4v) is 2.03. The highest BCUT2D eigenvalue weighted by Crippen LogP contribution is 2.24. The van der Waals surface area contributed by atoms with Gasteiger partial charge in [0, 0.05) is 6.07 Å². The number of carboxylic acid groups (broad SMARTS) is 1. The topological polar surface area (TPSA) is 70.8 Å². The predicted molar refractivity (Wildman–Crippen MR) is 73.8 cm³/mol. The number of benzene rings is 1. The van der Waals surface area contributed by atoms with Gasteiger partial charge in [-0.2, -0.15) is 0 Å². The molecule has 1 aromatic carbocycles. The van der Waals surface area contributed by atoms with E-state index < -0.39 is 5.97 Å². The number of aryl methyl sites for hydroxylation is 2. The van der Waals surface area contributed by atoms with Gasteiger partial charge in [-0.05, 0) is 31.5 Å². The first kappa shape index (κ1) is 13.9. The fraction of sp³-hybridized carbons (Fsp3) is 0.200. The second kappa shape index (κ2) is 5.61. The number of carbonyl (C=O) groups excluding carboxylic acids is 1. The number of anilines is 1. The van der Waals surface area contributed by atoms with Crippen molar-refractivity contribution in [2.45, 2.75) is 20.4 Å². The zero-order chi connectivity index (χ0) is 14.7. The molecule has 2 rings (SSSR count). The molecular weight excluding hydrogens is 258 g/mol. The van der Waals surface area contributed by atoms with Crippen molar-refractivity contribution in [2.24, 2.45) is 0 Å². The number of nitrogens with zero attached hydrogens (tertiary/aromatic N) is 1. The van der Waals surface area contributed by atoms with Crippen LogP contribution in [0.4, 0.5) is 5.69 Å². The maximum absolute atomic E-state index is 11.2. The Balaban J connectivity index is 2.20. The monoisotopic (exact) mass is 273 g/mol. The standard InChI is InChI=1S/C15H15NO4/c1-10-7-14(11(2)20-10)16(9-17)8-12-3-5-13(6-4-12)15(18)19/h3-7,9H,8H2,1-2H3,(H,18,19). The Hall–Kier alpha value is -2.56. The average Bonchev–Trinajstić information content (AvgIpc) is 2.75. The first-order valence-electron chi connectivity index (χ1n) is 6.12. The van der Waals surface area contributed by atoms with Crippen molar-refractivity contribution in [3.8, 4) is 0 Å². The zero-order valence-electron chi connectivity index (χ0n) is 11.3. The number of hydrogen-bond donors (Lipinski definition) is 1. The SMILES string of the molecule is Cc1cc(N(C=O)Cc2ccc(C(=O)O)cc2)c(C)o1. The number of amides is 1. The van der Waals surface area contributed by atoms with Gasteiger partial charge in [0.25, 0.3) is 0 Å². The third-order valence-corrected chi connectivity index (χ3v) is 3.01. The summed E-state index contributed by atoms with van der Waals surface area (Å²) in [6, 6.07) is 8.24. The number of carbonyl (C=O) groups is 2. The molecule has 0 aliphatic rings. The Labute approximate surface area is 116 Å². The van der Waals surface area contributed by atoms with Crippen molar-refractivity contribution in [1.82, 2.24) is 0 Å². The number of carboxylic acids is 1. The van der Waals surface area contributed by atoms with E-state index in [1.165, 1.54) is 17.0 Å². The molecule has 2 aromatic rings. The molecule has 0 fully saturated rings. The predicted octanol–water partition coefficient (Wildman–Crippen LogP) is 2.76. The van der Waals surface area contributed by atoms with Crippen LogP contribution in [0.1, 0.15) is 27.4 Å². The van der Waals surface area contributed by atoms with Crippen molar-refractivity contribution in [1.29, 1.82) is 0 Å². The molecule has 0 atom stereocenters. The molecule has 5 heteroatoms. The maximum Gasteiger partial charge on any atom is 0.335 e. The molecule has 1 aromatic heterocycles. The summed E-state index contributed by atoms with van der Waals surface area (Å²) in [7, 11) is 0. The van der Waals surface area contributed by atoms with Gasteiger partial charge < -0.3 is 14.4 Å². The highest BCUT2D eigenvalue weighted by atomic mass is 16.4. The van der Waals surface area contributed by atoms with Gasteiger partial charge in [0.1, 0.15) is 11.5 Å². The largest absolute Gasteiger partial charge is 0.478 e. The van der Waals surface area contributed by atoms with Crippen molar-refractivity contribution < 1.29 is 19.1 Å². The fourth-order valence-electron chi connectivity index (χ4n) is 2.03. The summed E-state index contributed by atoms with van der Waals surface area (Å²) in [6.07, 6.45) is 0.738. The van der Waals surface area contributed by atoms with E-state index >= 15 is 0 Å². The third kappa shape index (κ3) is 2.88. The lowest BCUT2D eigenvalue weighted by atomic mass is 10.1. The molecule has 104 valence electrons. The Bertz CT molecular complexity index is 628. The van der Waals surface area contributed by atoms with E-state index in [2.05, 4.69) is 0 Å². The van der Waals surface area contributed by atoms with Crippen LogP contribution in [0.2, 0.25) is 0 Å². The van der Waals surface area contributed by atoms with Crippen LogP contribution in [0.25, 0.3) is 0 Å². The summed E-state index contributed by atoms with van der Waals surface area (Å²) >= 11 is 0. The maximum atomic E-state index is 11.2. The molecule has 1 amide bonds. The minimum atomic E-state index is -0.968. The van der Waals surface area contributed by atoms with Gasteiger partial charge in [-0.3, -0.25) is 4.79 Å². The van der Waals surface area contributed by atoms with Crippen LogP contribution in [0.15, 0.2) is 34.7 Å². The van der Waals surface area contributed by atoms with Gasteiger partial charge in [-0.25, -0.2) is 4.79 Å². The lowest BCUT2D eigenvalue weighted by molar-refractivity contribution is -0.107. The molecule has 5 nitrogen and oxygen atoms in total. The molecule has 0 saturated heterocycles. The summed E-state index contributed by atoms with van der Waals surface area (Å²) in [5.41, 5.74) is 1.79. The summed E-state index contributed by atoms with van der Waals surface area (Å²) < 4.78 is 5.41. The number of furan rings is 1. The van der Waals surface area contributed by atoms with Crippen LogP contribution in [-0.4, -0.2) is 17.5 Å². The van der Waals surface area contributed by atoms with E-state index in [0.29, 0.717) is 12.3 Å². The molecule has 20 heavy (non-hydrogen) atoms. The minimum Gasteiger partial charge on any atom is -0.478 e. The molecule has 1 heterocycles. The molecule has 0 bridgehead atoms. The van der Waals surface area contributed by atoms with Crippen molar-refractivity contribution in [2.75, 3.05) is 4.90 Å². The van der Waals surface area contributed by atoms with Crippen molar-refractivity contribution >= 4 is 18.1 Å². The molecule has 0 aliphatic heterocycles. The quantitative estimate of drug-likeness (QED) is 0.850. The van der Waals surface area contributed by atoms with E-state index in [1.54, 1.807) is 25.1 Å². The third-order valence-electron chi connectivity index (χ3n) is 3.01. The average molecular weight is 273 g/mol. The van der Waals surface area contributed by atoms with Crippen LogP contribution in [0.5, 0.6) is 0 Å². The van der Waals surface area contributed by atoms with Crippen LogP contribution in [0, 0.1) is 13.8 Å². The van der Waals surface area contributed by atoms with E-state index in [-0.39, 0.29) is 5.56 Å².